The third-order valence-corrected chi connectivity index (χ3v) is 4.08. The van der Waals surface area contributed by atoms with Crippen LogP contribution in [-0.2, 0) is 4.79 Å². The number of nitrogens with zero attached hydrogens (tertiary/aromatic N) is 2. The lowest BCUT2D eigenvalue weighted by atomic mass is 9.79. The Morgan fingerprint density at radius 2 is 2.00 bits per heavy atom. The Hall–Kier alpha value is -1.65. The van der Waals surface area contributed by atoms with Gasteiger partial charge in [0.1, 0.15) is 11.6 Å². The van der Waals surface area contributed by atoms with Gasteiger partial charge in [0.2, 0.25) is 0 Å². The molecule has 1 saturated carbocycles. The van der Waals surface area contributed by atoms with E-state index in [1.54, 1.807) is 0 Å². The molecule has 1 aromatic rings. The molecule has 0 atom stereocenters. The molecule has 2 N–H and O–H groups in total. The maximum atomic E-state index is 11.2. The van der Waals surface area contributed by atoms with Gasteiger partial charge in [0.05, 0.1) is 6.42 Å². The van der Waals surface area contributed by atoms with E-state index in [-0.39, 0.29) is 17.9 Å². The van der Waals surface area contributed by atoms with Crippen molar-refractivity contribution in [3.63, 3.8) is 0 Å². The van der Waals surface area contributed by atoms with Crippen LogP contribution >= 0.6 is 0 Å². The zero-order valence-electron chi connectivity index (χ0n) is 13.1. The Kier molecular flexibility index (Phi) is 4.80. The zero-order chi connectivity index (χ0) is 15.5. The van der Waals surface area contributed by atoms with Crippen LogP contribution in [0.5, 0.6) is 0 Å². The summed E-state index contributed by atoms with van der Waals surface area (Å²) in [5.41, 5.74) is 0.552. The van der Waals surface area contributed by atoms with Crippen LogP contribution in [0.2, 0.25) is 0 Å². The lowest BCUT2D eigenvalue weighted by Gasteiger charge is -2.37. The zero-order valence-corrected chi connectivity index (χ0v) is 13.1. The molecule has 1 fully saturated rings. The molecule has 1 aliphatic rings. The molecule has 1 aromatic heterocycles. The molecule has 0 spiro atoms. The van der Waals surface area contributed by atoms with Crippen molar-refractivity contribution >= 4 is 11.8 Å². The predicted molar refractivity (Wildman–Crippen MR) is 82.5 cm³/mol. The highest BCUT2D eigenvalue weighted by Crippen LogP contribution is 2.34. The molecule has 5 nitrogen and oxygen atoms in total. The number of hydrogen-bond donors (Lipinski definition) is 2. The normalized spacial score (nSPS) is 17.7. The summed E-state index contributed by atoms with van der Waals surface area (Å²) in [6.45, 7) is 6.07. The van der Waals surface area contributed by atoms with Gasteiger partial charge in [-0.15, -0.1) is 0 Å². The van der Waals surface area contributed by atoms with Crippen molar-refractivity contribution < 1.29 is 9.90 Å². The quantitative estimate of drug-likeness (QED) is 0.868. The molecule has 0 aliphatic heterocycles. The fourth-order valence-corrected chi connectivity index (χ4v) is 3.05. The highest BCUT2D eigenvalue weighted by atomic mass is 16.4. The number of aryl methyl sites for hydroxylation is 1. The first-order valence-electron chi connectivity index (χ1n) is 7.76. The van der Waals surface area contributed by atoms with Gasteiger partial charge in [-0.05, 0) is 19.8 Å². The van der Waals surface area contributed by atoms with Gasteiger partial charge in [0.15, 0.2) is 0 Å². The third-order valence-electron chi connectivity index (χ3n) is 4.08. The summed E-state index contributed by atoms with van der Waals surface area (Å²) in [5.74, 6) is 1.07. The van der Waals surface area contributed by atoms with Gasteiger partial charge in [-0.2, -0.15) is 0 Å². The first-order valence-corrected chi connectivity index (χ1v) is 7.76. The highest BCUT2D eigenvalue weighted by Gasteiger charge is 2.34. The van der Waals surface area contributed by atoms with E-state index >= 15 is 0 Å². The molecule has 0 saturated heterocycles. The molecule has 1 aliphatic carbocycles. The van der Waals surface area contributed by atoms with Crippen molar-refractivity contribution in [1.82, 2.24) is 9.97 Å². The first-order chi connectivity index (χ1) is 9.90. The summed E-state index contributed by atoms with van der Waals surface area (Å²) in [7, 11) is 0. The second-order valence-corrected chi connectivity index (χ2v) is 6.44. The van der Waals surface area contributed by atoms with Gasteiger partial charge in [-0.1, -0.05) is 33.1 Å². The predicted octanol–water partition coefficient (Wildman–Crippen LogP) is 3.50. The van der Waals surface area contributed by atoms with Crippen molar-refractivity contribution in [2.75, 3.05) is 5.32 Å². The summed E-state index contributed by atoms with van der Waals surface area (Å²) in [6.07, 6.45) is 5.25. The van der Waals surface area contributed by atoms with Crippen LogP contribution in [0.1, 0.15) is 69.8 Å². The lowest BCUT2D eigenvalue weighted by Crippen LogP contribution is -2.42. The van der Waals surface area contributed by atoms with E-state index in [0.29, 0.717) is 0 Å². The fourth-order valence-electron chi connectivity index (χ4n) is 3.05. The molecule has 0 unspecified atom stereocenters. The summed E-state index contributed by atoms with van der Waals surface area (Å²) in [5, 5.41) is 12.7. The number of carboxylic acids is 1. The Morgan fingerprint density at radius 1 is 1.33 bits per heavy atom. The molecule has 1 heterocycles. The maximum absolute atomic E-state index is 11.2. The number of carboxylic acid groups (broad SMARTS) is 1. The van der Waals surface area contributed by atoms with Crippen LogP contribution in [0, 0.1) is 6.92 Å². The van der Waals surface area contributed by atoms with Crippen molar-refractivity contribution in [2.24, 2.45) is 0 Å². The molecule has 0 bridgehead atoms. The summed E-state index contributed by atoms with van der Waals surface area (Å²) < 4.78 is 0. The standard InChI is InChI=1S/C16H25N3O2/c1-11(2)15-17-12(3)9-13(18-15)19-16(10-14(20)21)7-5-4-6-8-16/h9,11H,4-8,10H2,1-3H3,(H,20,21)(H,17,18,19). The first kappa shape index (κ1) is 15.7. The van der Waals surface area contributed by atoms with E-state index in [2.05, 4.69) is 29.1 Å². The van der Waals surface area contributed by atoms with Crippen LogP contribution in [0.15, 0.2) is 6.07 Å². The Labute approximate surface area is 126 Å². The summed E-state index contributed by atoms with van der Waals surface area (Å²) in [6, 6.07) is 1.91. The number of rotatable bonds is 5. The molecular weight excluding hydrogens is 266 g/mol. The summed E-state index contributed by atoms with van der Waals surface area (Å²) >= 11 is 0. The van der Waals surface area contributed by atoms with Crippen molar-refractivity contribution in [1.29, 1.82) is 0 Å². The van der Waals surface area contributed by atoms with E-state index in [9.17, 15) is 9.90 Å². The molecule has 2 rings (SSSR count). The van der Waals surface area contributed by atoms with Crippen molar-refractivity contribution in [3.8, 4) is 0 Å². The van der Waals surface area contributed by atoms with Crippen LogP contribution < -0.4 is 5.32 Å². The smallest absolute Gasteiger partial charge is 0.305 e. The largest absolute Gasteiger partial charge is 0.481 e. The highest BCUT2D eigenvalue weighted by molar-refractivity contribution is 5.69. The third kappa shape index (κ3) is 4.16. The number of anilines is 1. The van der Waals surface area contributed by atoms with E-state index in [0.717, 1.165) is 43.0 Å². The Balaban J connectivity index is 2.25. The average Bonchev–Trinajstić information content (AvgIpc) is 2.37. The molecule has 0 aromatic carbocycles. The number of hydrogen-bond acceptors (Lipinski definition) is 4. The second kappa shape index (κ2) is 6.41. The number of aromatic nitrogens is 2. The van der Waals surface area contributed by atoms with Gasteiger partial charge in [0, 0.05) is 23.2 Å². The van der Waals surface area contributed by atoms with Crippen LogP contribution in [0.25, 0.3) is 0 Å². The maximum Gasteiger partial charge on any atom is 0.305 e. The van der Waals surface area contributed by atoms with E-state index in [1.807, 2.05) is 13.0 Å². The minimum Gasteiger partial charge on any atom is -0.481 e. The average molecular weight is 291 g/mol. The van der Waals surface area contributed by atoms with E-state index in [4.69, 9.17) is 0 Å². The minimum absolute atomic E-state index is 0.146. The fraction of sp³-hybridized carbons (Fsp3) is 0.688. The molecule has 5 heteroatoms. The molecular formula is C16H25N3O2. The summed E-state index contributed by atoms with van der Waals surface area (Å²) in [4.78, 5) is 20.2. The number of carbonyl (C=O) groups is 1. The minimum atomic E-state index is -0.751. The monoisotopic (exact) mass is 291 g/mol. The molecule has 0 amide bonds. The van der Waals surface area contributed by atoms with Crippen LogP contribution in [0.4, 0.5) is 5.82 Å². The van der Waals surface area contributed by atoms with Gasteiger partial charge < -0.3 is 10.4 Å². The van der Waals surface area contributed by atoms with Crippen LogP contribution in [0.3, 0.4) is 0 Å². The van der Waals surface area contributed by atoms with E-state index in [1.165, 1.54) is 6.42 Å². The van der Waals surface area contributed by atoms with E-state index < -0.39 is 5.97 Å². The number of nitrogens with one attached hydrogen (secondary N) is 1. The SMILES string of the molecule is Cc1cc(NC2(CC(=O)O)CCCCC2)nc(C(C)C)n1. The van der Waals surface area contributed by atoms with Crippen molar-refractivity contribution in [2.45, 2.75) is 70.8 Å². The Morgan fingerprint density at radius 3 is 2.57 bits per heavy atom. The topological polar surface area (TPSA) is 75.1 Å². The van der Waals surface area contributed by atoms with Gasteiger partial charge in [0.25, 0.3) is 0 Å². The van der Waals surface area contributed by atoms with Gasteiger partial charge in [-0.25, -0.2) is 9.97 Å². The van der Waals surface area contributed by atoms with Crippen molar-refractivity contribution in [3.05, 3.63) is 17.6 Å². The number of aliphatic carboxylic acids is 1. The Bertz CT molecular complexity index is 508. The molecule has 0 radical (unpaired) electrons. The lowest BCUT2D eigenvalue weighted by molar-refractivity contribution is -0.138. The van der Waals surface area contributed by atoms with Gasteiger partial charge >= 0.3 is 5.97 Å². The van der Waals surface area contributed by atoms with Crippen LogP contribution in [-0.4, -0.2) is 26.6 Å². The van der Waals surface area contributed by atoms with Gasteiger partial charge in [-0.3, -0.25) is 4.79 Å². The second-order valence-electron chi connectivity index (χ2n) is 6.44. The molecule has 21 heavy (non-hydrogen) atoms. The molecule has 116 valence electrons.